The summed E-state index contributed by atoms with van der Waals surface area (Å²) in [6.07, 6.45) is 3.88. The van der Waals surface area contributed by atoms with Gasteiger partial charge in [0.05, 0.1) is 0 Å². The van der Waals surface area contributed by atoms with Gasteiger partial charge in [0, 0.05) is 31.9 Å². The average molecular weight is 264 g/mol. The molecule has 0 saturated heterocycles. The second kappa shape index (κ2) is 8.12. The zero-order chi connectivity index (χ0) is 14.3. The fourth-order valence-electron chi connectivity index (χ4n) is 2.14. The lowest BCUT2D eigenvalue weighted by Gasteiger charge is -2.27. The summed E-state index contributed by atoms with van der Waals surface area (Å²) in [7, 11) is 4.21. The van der Waals surface area contributed by atoms with Crippen molar-refractivity contribution in [2.24, 2.45) is 5.73 Å². The van der Waals surface area contributed by atoms with Crippen LogP contribution in [0.3, 0.4) is 0 Å². The van der Waals surface area contributed by atoms with Crippen LogP contribution in [0.15, 0.2) is 18.3 Å². The summed E-state index contributed by atoms with van der Waals surface area (Å²) in [6.45, 7) is 7.33. The first-order valence-corrected chi connectivity index (χ1v) is 7.13. The van der Waals surface area contributed by atoms with Crippen LogP contribution in [0.4, 0.5) is 5.82 Å². The van der Waals surface area contributed by atoms with Gasteiger partial charge in [-0.3, -0.25) is 0 Å². The van der Waals surface area contributed by atoms with Crippen LogP contribution in [0.1, 0.15) is 25.8 Å². The van der Waals surface area contributed by atoms with Gasteiger partial charge in [0.1, 0.15) is 5.82 Å². The number of rotatable bonds is 8. The van der Waals surface area contributed by atoms with E-state index >= 15 is 0 Å². The Morgan fingerprint density at radius 3 is 2.58 bits per heavy atom. The summed E-state index contributed by atoms with van der Waals surface area (Å²) < 4.78 is 0. The minimum absolute atomic E-state index is 0.167. The molecule has 0 bridgehead atoms. The highest BCUT2D eigenvalue weighted by Gasteiger charge is 2.13. The Kier molecular flexibility index (Phi) is 6.81. The van der Waals surface area contributed by atoms with Crippen molar-refractivity contribution < 1.29 is 0 Å². The number of hydrogen-bond donors (Lipinski definition) is 1. The molecule has 0 aliphatic carbocycles. The molecule has 0 spiro atoms. The minimum Gasteiger partial charge on any atom is -0.355 e. The molecule has 0 saturated carbocycles. The highest BCUT2D eigenvalue weighted by molar-refractivity contribution is 5.47. The molecule has 0 aromatic carbocycles. The minimum atomic E-state index is 0.167. The van der Waals surface area contributed by atoms with Crippen molar-refractivity contribution in [1.82, 2.24) is 9.88 Å². The number of anilines is 1. The third-order valence-corrected chi connectivity index (χ3v) is 3.02. The third-order valence-electron chi connectivity index (χ3n) is 3.02. The predicted molar refractivity (Wildman–Crippen MR) is 82.6 cm³/mol. The molecule has 1 aromatic rings. The lowest BCUT2D eigenvalue weighted by molar-refractivity contribution is 0.412. The van der Waals surface area contributed by atoms with Gasteiger partial charge in [-0.1, -0.05) is 13.0 Å². The molecule has 0 radical (unpaired) electrons. The molecule has 4 heteroatoms. The van der Waals surface area contributed by atoms with E-state index in [-0.39, 0.29) is 6.04 Å². The van der Waals surface area contributed by atoms with Crippen LogP contribution in [0.2, 0.25) is 0 Å². The van der Waals surface area contributed by atoms with Crippen molar-refractivity contribution in [3.63, 3.8) is 0 Å². The second-order valence-electron chi connectivity index (χ2n) is 5.46. The summed E-state index contributed by atoms with van der Waals surface area (Å²) in [5.74, 6) is 1.10. The van der Waals surface area contributed by atoms with Crippen LogP contribution >= 0.6 is 0 Å². The Balaban J connectivity index is 2.87. The van der Waals surface area contributed by atoms with Crippen molar-refractivity contribution in [2.75, 3.05) is 38.6 Å². The Morgan fingerprint density at radius 1 is 1.26 bits per heavy atom. The Labute approximate surface area is 117 Å². The average Bonchev–Trinajstić information content (AvgIpc) is 2.34. The molecule has 1 heterocycles. The molecule has 0 amide bonds. The maximum Gasteiger partial charge on any atom is 0.131 e. The summed E-state index contributed by atoms with van der Waals surface area (Å²) in [4.78, 5) is 9.16. The van der Waals surface area contributed by atoms with Crippen LogP contribution in [0.5, 0.6) is 0 Å². The third kappa shape index (κ3) is 5.57. The van der Waals surface area contributed by atoms with Crippen LogP contribution < -0.4 is 10.6 Å². The van der Waals surface area contributed by atoms with Crippen molar-refractivity contribution in [1.29, 1.82) is 0 Å². The molecular formula is C15H28N4. The van der Waals surface area contributed by atoms with E-state index in [4.69, 9.17) is 5.73 Å². The van der Waals surface area contributed by atoms with E-state index in [0.29, 0.717) is 0 Å². The van der Waals surface area contributed by atoms with Crippen LogP contribution in [-0.2, 0) is 6.42 Å². The largest absolute Gasteiger partial charge is 0.355 e. The van der Waals surface area contributed by atoms with Crippen LogP contribution in [0.25, 0.3) is 0 Å². The first-order chi connectivity index (χ1) is 9.04. The van der Waals surface area contributed by atoms with Gasteiger partial charge in [-0.15, -0.1) is 0 Å². The Morgan fingerprint density at radius 2 is 2.00 bits per heavy atom. The van der Waals surface area contributed by atoms with Crippen molar-refractivity contribution >= 4 is 5.82 Å². The molecule has 0 fully saturated rings. The molecule has 19 heavy (non-hydrogen) atoms. The normalized spacial score (nSPS) is 12.7. The SMILES string of the molecule is CCCN(CCN(C)C)c1ncccc1CC(C)N. The Hall–Kier alpha value is -1.13. The van der Waals surface area contributed by atoms with Gasteiger partial charge in [-0.25, -0.2) is 4.98 Å². The maximum atomic E-state index is 5.94. The monoisotopic (exact) mass is 264 g/mol. The van der Waals surface area contributed by atoms with E-state index in [0.717, 1.165) is 38.3 Å². The summed E-state index contributed by atoms with van der Waals surface area (Å²) >= 11 is 0. The van der Waals surface area contributed by atoms with E-state index in [1.54, 1.807) is 0 Å². The number of hydrogen-bond acceptors (Lipinski definition) is 4. The number of pyridine rings is 1. The standard InChI is InChI=1S/C15H28N4/c1-5-9-19(11-10-18(3)4)15-14(12-13(2)16)7-6-8-17-15/h6-8,13H,5,9-12,16H2,1-4H3. The molecule has 1 rings (SSSR count). The lowest BCUT2D eigenvalue weighted by atomic mass is 10.1. The summed E-state index contributed by atoms with van der Waals surface area (Å²) in [6, 6.07) is 4.31. The fourth-order valence-corrected chi connectivity index (χ4v) is 2.14. The number of likely N-dealkylation sites (N-methyl/N-ethyl adjacent to an activating group) is 1. The molecule has 1 aromatic heterocycles. The second-order valence-corrected chi connectivity index (χ2v) is 5.46. The number of nitrogens with zero attached hydrogens (tertiary/aromatic N) is 3. The van der Waals surface area contributed by atoms with Gasteiger partial charge in [0.15, 0.2) is 0 Å². The van der Waals surface area contributed by atoms with Crippen molar-refractivity contribution in [3.05, 3.63) is 23.9 Å². The fraction of sp³-hybridized carbons (Fsp3) is 0.667. The van der Waals surface area contributed by atoms with E-state index in [2.05, 4.69) is 41.9 Å². The molecule has 0 aliphatic rings. The van der Waals surface area contributed by atoms with Crippen molar-refractivity contribution in [2.45, 2.75) is 32.7 Å². The van der Waals surface area contributed by atoms with E-state index < -0.39 is 0 Å². The van der Waals surface area contributed by atoms with E-state index in [9.17, 15) is 0 Å². The topological polar surface area (TPSA) is 45.4 Å². The van der Waals surface area contributed by atoms with Gasteiger partial charge in [-0.2, -0.15) is 0 Å². The van der Waals surface area contributed by atoms with Gasteiger partial charge in [-0.05, 0) is 45.5 Å². The summed E-state index contributed by atoms with van der Waals surface area (Å²) in [5, 5.41) is 0. The number of nitrogens with two attached hydrogens (primary N) is 1. The smallest absolute Gasteiger partial charge is 0.131 e. The van der Waals surface area contributed by atoms with Crippen molar-refractivity contribution in [3.8, 4) is 0 Å². The van der Waals surface area contributed by atoms with Gasteiger partial charge in [0.2, 0.25) is 0 Å². The lowest BCUT2D eigenvalue weighted by Crippen LogP contribution is -2.34. The van der Waals surface area contributed by atoms with Gasteiger partial charge >= 0.3 is 0 Å². The zero-order valence-corrected chi connectivity index (χ0v) is 12.8. The molecule has 4 nitrogen and oxygen atoms in total. The first kappa shape index (κ1) is 15.9. The molecule has 0 aliphatic heterocycles. The predicted octanol–water partition coefficient (Wildman–Crippen LogP) is 1.75. The highest BCUT2D eigenvalue weighted by Crippen LogP contribution is 2.18. The Bertz CT molecular complexity index is 363. The van der Waals surface area contributed by atoms with E-state index in [1.165, 1.54) is 5.56 Å². The van der Waals surface area contributed by atoms with E-state index in [1.807, 2.05) is 19.2 Å². The molecule has 2 N–H and O–H groups in total. The molecule has 108 valence electrons. The van der Waals surface area contributed by atoms with Crippen LogP contribution in [-0.4, -0.2) is 49.7 Å². The maximum absolute atomic E-state index is 5.94. The first-order valence-electron chi connectivity index (χ1n) is 7.13. The zero-order valence-electron chi connectivity index (χ0n) is 12.8. The molecular weight excluding hydrogens is 236 g/mol. The molecule has 1 unspecified atom stereocenters. The summed E-state index contributed by atoms with van der Waals surface area (Å²) in [5.41, 5.74) is 7.19. The van der Waals surface area contributed by atoms with Gasteiger partial charge < -0.3 is 15.5 Å². The molecule has 1 atom stereocenters. The highest BCUT2D eigenvalue weighted by atomic mass is 15.2. The van der Waals surface area contributed by atoms with Gasteiger partial charge in [0.25, 0.3) is 0 Å². The quantitative estimate of drug-likeness (QED) is 0.777. The number of aromatic nitrogens is 1. The van der Waals surface area contributed by atoms with Crippen LogP contribution in [0, 0.1) is 0 Å².